The Kier molecular flexibility index (Phi) is 7.77. The van der Waals surface area contributed by atoms with Gasteiger partial charge in [-0.15, -0.1) is 0 Å². The Labute approximate surface area is 83.7 Å². The number of rotatable bonds is 6. The number of unbranched alkanes of at least 4 members (excludes halogenated alkanes) is 2. The zero-order valence-corrected chi connectivity index (χ0v) is 9.64. The van der Waals surface area contributed by atoms with E-state index in [-0.39, 0.29) is 0 Å². The van der Waals surface area contributed by atoms with Crippen LogP contribution in [0.2, 0.25) is 0 Å². The third-order valence-corrected chi connectivity index (χ3v) is 2.39. The molecule has 0 heterocycles. The quantitative estimate of drug-likeness (QED) is 0.409. The van der Waals surface area contributed by atoms with Crippen molar-refractivity contribution in [2.45, 2.75) is 53.4 Å². The maximum absolute atomic E-state index is 2.33. The van der Waals surface area contributed by atoms with E-state index in [1.807, 2.05) is 0 Å². The molecule has 0 aromatic carbocycles. The average Bonchev–Trinajstić information content (AvgIpc) is 2.12. The molecule has 0 heteroatoms. The van der Waals surface area contributed by atoms with Crippen molar-refractivity contribution in [1.29, 1.82) is 0 Å². The fourth-order valence-corrected chi connectivity index (χ4v) is 1.28. The molecule has 0 fully saturated rings. The van der Waals surface area contributed by atoms with Gasteiger partial charge in [0.2, 0.25) is 0 Å². The van der Waals surface area contributed by atoms with Gasteiger partial charge in [0.1, 0.15) is 0 Å². The topological polar surface area (TPSA) is 0 Å². The lowest BCUT2D eigenvalue weighted by Gasteiger charge is -2.05. The minimum atomic E-state index is 0.622. The maximum Gasteiger partial charge on any atom is -0.00544 e. The highest BCUT2D eigenvalue weighted by Crippen LogP contribution is 2.12. The van der Waals surface area contributed by atoms with E-state index in [0.29, 0.717) is 5.92 Å². The van der Waals surface area contributed by atoms with Crippen molar-refractivity contribution in [2.24, 2.45) is 5.92 Å². The summed E-state index contributed by atoms with van der Waals surface area (Å²) in [6.45, 7) is 8.92. The van der Waals surface area contributed by atoms with Crippen molar-refractivity contribution in [1.82, 2.24) is 0 Å². The van der Waals surface area contributed by atoms with Crippen LogP contribution in [0.1, 0.15) is 53.4 Å². The van der Waals surface area contributed by atoms with Crippen LogP contribution < -0.4 is 0 Å². The van der Waals surface area contributed by atoms with Gasteiger partial charge in [-0.3, -0.25) is 0 Å². The summed E-state index contributed by atoms with van der Waals surface area (Å²) in [5, 5.41) is 0. The zero-order chi connectivity index (χ0) is 10.1. The predicted molar refractivity (Wildman–Crippen MR) is 61.9 cm³/mol. The first-order chi connectivity index (χ1) is 6.22. The summed E-state index contributed by atoms with van der Waals surface area (Å²) in [6.07, 6.45) is 12.0. The van der Waals surface area contributed by atoms with Crippen molar-refractivity contribution in [3.8, 4) is 0 Å². The van der Waals surface area contributed by atoms with Gasteiger partial charge in [0, 0.05) is 0 Å². The molecule has 0 bridgehead atoms. The van der Waals surface area contributed by atoms with Gasteiger partial charge in [0.15, 0.2) is 0 Å². The number of hydrogen-bond donors (Lipinski definition) is 0. The van der Waals surface area contributed by atoms with Crippen LogP contribution in [-0.4, -0.2) is 0 Å². The summed E-state index contributed by atoms with van der Waals surface area (Å²) in [6, 6.07) is 0. The summed E-state index contributed by atoms with van der Waals surface area (Å²) >= 11 is 0. The van der Waals surface area contributed by atoms with Gasteiger partial charge in [-0.2, -0.15) is 0 Å². The molecule has 0 aromatic rings. The van der Waals surface area contributed by atoms with Crippen LogP contribution in [0.4, 0.5) is 0 Å². The van der Waals surface area contributed by atoms with Crippen molar-refractivity contribution >= 4 is 0 Å². The highest BCUT2D eigenvalue weighted by Gasteiger charge is 1.96. The third-order valence-electron chi connectivity index (χ3n) is 2.39. The first-order valence-electron chi connectivity index (χ1n) is 5.55. The molecule has 0 spiro atoms. The van der Waals surface area contributed by atoms with Crippen molar-refractivity contribution in [2.75, 3.05) is 0 Å². The van der Waals surface area contributed by atoms with Crippen LogP contribution in [0.5, 0.6) is 0 Å². The normalized spacial score (nSPS) is 15.2. The SMILES string of the molecule is CCC=C(C)C(C)C=CCCCC. The van der Waals surface area contributed by atoms with Gasteiger partial charge in [-0.25, -0.2) is 0 Å². The fraction of sp³-hybridized carbons (Fsp3) is 0.692. The molecule has 0 aliphatic heterocycles. The summed E-state index contributed by atoms with van der Waals surface area (Å²) in [4.78, 5) is 0. The van der Waals surface area contributed by atoms with Crippen LogP contribution in [-0.2, 0) is 0 Å². The van der Waals surface area contributed by atoms with Gasteiger partial charge < -0.3 is 0 Å². The smallest absolute Gasteiger partial charge is 0.00544 e. The Hall–Kier alpha value is -0.520. The molecule has 0 aliphatic carbocycles. The van der Waals surface area contributed by atoms with Crippen LogP contribution in [0.15, 0.2) is 23.8 Å². The Bertz CT molecular complexity index is 163. The second-order valence-electron chi connectivity index (χ2n) is 3.72. The van der Waals surface area contributed by atoms with Crippen LogP contribution in [0.25, 0.3) is 0 Å². The maximum atomic E-state index is 2.33. The Balaban J connectivity index is 3.77. The lowest BCUT2D eigenvalue weighted by Crippen LogP contribution is -1.90. The molecule has 1 atom stereocenters. The lowest BCUT2D eigenvalue weighted by molar-refractivity contribution is 0.796. The molecule has 13 heavy (non-hydrogen) atoms. The Morgan fingerprint density at radius 3 is 2.54 bits per heavy atom. The Morgan fingerprint density at radius 2 is 2.00 bits per heavy atom. The van der Waals surface area contributed by atoms with E-state index in [1.165, 1.54) is 24.8 Å². The molecule has 1 unspecified atom stereocenters. The monoisotopic (exact) mass is 180 g/mol. The van der Waals surface area contributed by atoms with E-state index >= 15 is 0 Å². The van der Waals surface area contributed by atoms with Gasteiger partial charge in [-0.05, 0) is 25.7 Å². The van der Waals surface area contributed by atoms with Gasteiger partial charge >= 0.3 is 0 Å². The summed E-state index contributed by atoms with van der Waals surface area (Å²) in [5.41, 5.74) is 1.50. The van der Waals surface area contributed by atoms with E-state index in [1.54, 1.807) is 0 Å². The van der Waals surface area contributed by atoms with E-state index in [0.717, 1.165) is 6.42 Å². The van der Waals surface area contributed by atoms with Crippen molar-refractivity contribution < 1.29 is 0 Å². The van der Waals surface area contributed by atoms with Gasteiger partial charge in [0.05, 0.1) is 0 Å². The van der Waals surface area contributed by atoms with E-state index < -0.39 is 0 Å². The average molecular weight is 180 g/mol. The van der Waals surface area contributed by atoms with Gasteiger partial charge in [0.25, 0.3) is 0 Å². The molecule has 0 saturated heterocycles. The fourth-order valence-electron chi connectivity index (χ4n) is 1.28. The van der Waals surface area contributed by atoms with E-state index in [4.69, 9.17) is 0 Å². The highest BCUT2D eigenvalue weighted by atomic mass is 14.0. The summed E-state index contributed by atoms with van der Waals surface area (Å²) in [5.74, 6) is 0.622. The molecule has 0 aromatic heterocycles. The van der Waals surface area contributed by atoms with Crippen LogP contribution in [0.3, 0.4) is 0 Å². The molecule has 76 valence electrons. The van der Waals surface area contributed by atoms with Crippen molar-refractivity contribution in [3.05, 3.63) is 23.8 Å². The van der Waals surface area contributed by atoms with Crippen LogP contribution >= 0.6 is 0 Å². The minimum absolute atomic E-state index is 0.622. The molecule has 0 rings (SSSR count). The first kappa shape index (κ1) is 12.5. The molecule has 0 saturated carbocycles. The molecule has 0 nitrogen and oxygen atoms in total. The molecule has 0 radical (unpaired) electrons. The number of hydrogen-bond acceptors (Lipinski definition) is 0. The lowest BCUT2D eigenvalue weighted by atomic mass is 10.0. The van der Waals surface area contributed by atoms with E-state index in [2.05, 4.69) is 45.9 Å². The molecule has 0 aliphatic rings. The third kappa shape index (κ3) is 6.62. The van der Waals surface area contributed by atoms with Crippen LogP contribution in [0, 0.1) is 5.92 Å². The second kappa shape index (κ2) is 8.10. The molecular weight excluding hydrogens is 156 g/mol. The van der Waals surface area contributed by atoms with E-state index in [9.17, 15) is 0 Å². The predicted octanol–water partition coefficient (Wildman–Crippen LogP) is 4.73. The molecular formula is C13H24. The van der Waals surface area contributed by atoms with Crippen molar-refractivity contribution in [3.63, 3.8) is 0 Å². The standard InChI is InChI=1S/C13H24/c1-5-7-8-9-11-13(4)12(3)10-6-2/h9-11,13H,5-8H2,1-4H3. The summed E-state index contributed by atoms with van der Waals surface area (Å²) < 4.78 is 0. The summed E-state index contributed by atoms with van der Waals surface area (Å²) in [7, 11) is 0. The zero-order valence-electron chi connectivity index (χ0n) is 9.64. The molecule has 0 N–H and O–H groups in total. The Morgan fingerprint density at radius 1 is 1.31 bits per heavy atom. The first-order valence-corrected chi connectivity index (χ1v) is 5.55. The minimum Gasteiger partial charge on any atom is -0.0879 e. The highest BCUT2D eigenvalue weighted by molar-refractivity contribution is 5.09. The second-order valence-corrected chi connectivity index (χ2v) is 3.72. The van der Waals surface area contributed by atoms with Gasteiger partial charge in [-0.1, -0.05) is 57.4 Å². The molecule has 0 amide bonds. The largest absolute Gasteiger partial charge is 0.0879 e. The number of allylic oxidation sites excluding steroid dienone is 4.